The Hall–Kier alpha value is -0.350. The van der Waals surface area contributed by atoms with E-state index in [2.05, 4.69) is 63.7 Å². The SMILES string of the molecule is ICc1ccccc1-c1ccsc1. The molecule has 0 spiro atoms. The smallest absolute Gasteiger partial charge is 0.0253 e. The minimum absolute atomic E-state index is 1.07. The normalized spacial score (nSPS) is 10.2. The van der Waals surface area contributed by atoms with Crippen molar-refractivity contribution in [3.05, 3.63) is 46.7 Å². The van der Waals surface area contributed by atoms with Gasteiger partial charge in [-0.1, -0.05) is 46.9 Å². The number of benzene rings is 1. The molecule has 1 aromatic carbocycles. The molecule has 0 N–H and O–H groups in total. The highest BCUT2D eigenvalue weighted by Gasteiger charge is 2.02. The van der Waals surface area contributed by atoms with Gasteiger partial charge in [0.05, 0.1) is 0 Å². The van der Waals surface area contributed by atoms with E-state index in [4.69, 9.17) is 0 Å². The number of rotatable bonds is 2. The number of alkyl halides is 1. The lowest BCUT2D eigenvalue weighted by Crippen LogP contribution is -1.82. The first-order chi connectivity index (χ1) is 6.42. The van der Waals surface area contributed by atoms with Gasteiger partial charge in [0.15, 0.2) is 0 Å². The second kappa shape index (κ2) is 4.24. The molecule has 0 bridgehead atoms. The van der Waals surface area contributed by atoms with Crippen LogP contribution in [0, 0.1) is 0 Å². The van der Waals surface area contributed by atoms with Gasteiger partial charge in [-0.05, 0) is 33.5 Å². The van der Waals surface area contributed by atoms with Gasteiger partial charge in [0.1, 0.15) is 0 Å². The highest BCUT2D eigenvalue weighted by Crippen LogP contribution is 2.26. The molecule has 2 aromatic rings. The average Bonchev–Trinajstić information content (AvgIpc) is 2.70. The van der Waals surface area contributed by atoms with Gasteiger partial charge in [-0.3, -0.25) is 0 Å². The summed E-state index contributed by atoms with van der Waals surface area (Å²) in [4.78, 5) is 0. The fourth-order valence-electron chi connectivity index (χ4n) is 1.34. The molecule has 0 fully saturated rings. The topological polar surface area (TPSA) is 0 Å². The van der Waals surface area contributed by atoms with Gasteiger partial charge in [0.25, 0.3) is 0 Å². The Kier molecular flexibility index (Phi) is 3.01. The molecule has 0 saturated carbocycles. The maximum absolute atomic E-state index is 2.41. The van der Waals surface area contributed by atoms with Crippen molar-refractivity contribution in [3.8, 4) is 11.1 Å². The molecule has 0 atom stereocenters. The van der Waals surface area contributed by atoms with E-state index in [0.717, 1.165) is 4.43 Å². The zero-order valence-corrected chi connectivity index (χ0v) is 10.0. The molecule has 13 heavy (non-hydrogen) atoms. The molecular weight excluding hydrogens is 291 g/mol. The van der Waals surface area contributed by atoms with Crippen LogP contribution in [0.2, 0.25) is 0 Å². The fraction of sp³-hybridized carbons (Fsp3) is 0.0909. The van der Waals surface area contributed by atoms with Crippen LogP contribution in [0.15, 0.2) is 41.1 Å². The predicted molar refractivity (Wildman–Crippen MR) is 67.5 cm³/mol. The van der Waals surface area contributed by atoms with E-state index in [1.54, 1.807) is 11.3 Å². The first kappa shape index (κ1) is 9.21. The molecule has 0 nitrogen and oxygen atoms in total. The zero-order valence-electron chi connectivity index (χ0n) is 7.03. The summed E-state index contributed by atoms with van der Waals surface area (Å²) < 4.78 is 1.07. The lowest BCUT2D eigenvalue weighted by molar-refractivity contribution is 1.45. The average molecular weight is 300 g/mol. The minimum Gasteiger partial charge on any atom is -0.152 e. The Morgan fingerprint density at radius 1 is 1.15 bits per heavy atom. The molecule has 1 heterocycles. The van der Waals surface area contributed by atoms with E-state index in [0.29, 0.717) is 0 Å². The van der Waals surface area contributed by atoms with Crippen LogP contribution in [0.25, 0.3) is 11.1 Å². The Morgan fingerprint density at radius 3 is 2.69 bits per heavy atom. The largest absolute Gasteiger partial charge is 0.152 e. The highest BCUT2D eigenvalue weighted by atomic mass is 127. The molecule has 1 aromatic heterocycles. The summed E-state index contributed by atoms with van der Waals surface area (Å²) in [7, 11) is 0. The fourth-order valence-corrected chi connectivity index (χ4v) is 2.66. The third-order valence-electron chi connectivity index (χ3n) is 1.99. The number of halogens is 1. The summed E-state index contributed by atoms with van der Waals surface area (Å²) in [5.74, 6) is 0. The van der Waals surface area contributed by atoms with Gasteiger partial charge in [-0.25, -0.2) is 0 Å². The molecule has 0 aliphatic carbocycles. The third kappa shape index (κ3) is 1.94. The van der Waals surface area contributed by atoms with Crippen LogP contribution in [-0.4, -0.2) is 0 Å². The lowest BCUT2D eigenvalue weighted by atomic mass is 10.0. The second-order valence-corrected chi connectivity index (χ2v) is 4.35. The Balaban J connectivity index is 2.51. The van der Waals surface area contributed by atoms with E-state index in [1.807, 2.05) is 0 Å². The van der Waals surface area contributed by atoms with Crippen molar-refractivity contribution < 1.29 is 0 Å². The van der Waals surface area contributed by atoms with Crippen molar-refractivity contribution in [2.24, 2.45) is 0 Å². The van der Waals surface area contributed by atoms with Crippen molar-refractivity contribution in [3.63, 3.8) is 0 Å². The molecule has 2 heteroatoms. The van der Waals surface area contributed by atoms with Crippen LogP contribution in [0.4, 0.5) is 0 Å². The summed E-state index contributed by atoms with van der Waals surface area (Å²) in [6, 6.07) is 10.8. The molecule has 0 saturated heterocycles. The summed E-state index contributed by atoms with van der Waals surface area (Å²) in [6.45, 7) is 0. The lowest BCUT2D eigenvalue weighted by Gasteiger charge is -2.03. The monoisotopic (exact) mass is 300 g/mol. The van der Waals surface area contributed by atoms with Gasteiger partial charge in [-0.15, -0.1) is 0 Å². The van der Waals surface area contributed by atoms with Gasteiger partial charge < -0.3 is 0 Å². The van der Waals surface area contributed by atoms with E-state index in [-0.39, 0.29) is 0 Å². The Morgan fingerprint density at radius 2 is 2.00 bits per heavy atom. The van der Waals surface area contributed by atoms with E-state index >= 15 is 0 Å². The number of thiophene rings is 1. The van der Waals surface area contributed by atoms with E-state index in [9.17, 15) is 0 Å². The number of hydrogen-bond donors (Lipinski definition) is 0. The zero-order chi connectivity index (χ0) is 9.10. The molecule has 66 valence electrons. The van der Waals surface area contributed by atoms with Crippen LogP contribution in [-0.2, 0) is 4.43 Å². The van der Waals surface area contributed by atoms with Crippen molar-refractivity contribution in [1.82, 2.24) is 0 Å². The molecule has 0 unspecified atom stereocenters. The predicted octanol–water partition coefficient (Wildman–Crippen LogP) is 4.35. The van der Waals surface area contributed by atoms with Crippen LogP contribution < -0.4 is 0 Å². The highest BCUT2D eigenvalue weighted by molar-refractivity contribution is 14.1. The maximum Gasteiger partial charge on any atom is 0.0253 e. The van der Waals surface area contributed by atoms with Crippen molar-refractivity contribution >= 4 is 33.9 Å². The molecule has 0 aliphatic rings. The molecule has 0 aliphatic heterocycles. The number of hydrogen-bond acceptors (Lipinski definition) is 1. The molecule has 2 rings (SSSR count). The molecule has 0 radical (unpaired) electrons. The van der Waals surface area contributed by atoms with Crippen molar-refractivity contribution in [2.75, 3.05) is 0 Å². The summed E-state index contributed by atoms with van der Waals surface area (Å²) in [6.07, 6.45) is 0. The third-order valence-corrected chi connectivity index (χ3v) is 3.50. The van der Waals surface area contributed by atoms with Crippen LogP contribution >= 0.6 is 33.9 Å². The summed E-state index contributed by atoms with van der Waals surface area (Å²) >= 11 is 4.16. The first-order valence-corrected chi connectivity index (χ1v) is 6.55. The minimum atomic E-state index is 1.07. The maximum atomic E-state index is 2.41. The van der Waals surface area contributed by atoms with Gasteiger partial charge in [0.2, 0.25) is 0 Å². The van der Waals surface area contributed by atoms with Crippen molar-refractivity contribution in [1.29, 1.82) is 0 Å². The molecular formula is C11H9IS. The quantitative estimate of drug-likeness (QED) is 0.571. The van der Waals surface area contributed by atoms with E-state index in [1.165, 1.54) is 16.7 Å². The van der Waals surface area contributed by atoms with Crippen LogP contribution in [0.3, 0.4) is 0 Å². The van der Waals surface area contributed by atoms with Gasteiger partial charge >= 0.3 is 0 Å². The van der Waals surface area contributed by atoms with Crippen molar-refractivity contribution in [2.45, 2.75) is 4.43 Å². The Labute approximate surface area is 95.8 Å². The summed E-state index contributed by atoms with van der Waals surface area (Å²) in [5, 5.41) is 4.32. The standard InChI is InChI=1S/C11H9IS/c12-7-9-3-1-2-4-11(9)10-5-6-13-8-10/h1-6,8H,7H2. The molecule has 0 amide bonds. The first-order valence-electron chi connectivity index (χ1n) is 4.08. The van der Waals surface area contributed by atoms with Gasteiger partial charge in [-0.2, -0.15) is 11.3 Å². The summed E-state index contributed by atoms with van der Waals surface area (Å²) in [5.41, 5.74) is 4.14. The second-order valence-electron chi connectivity index (χ2n) is 2.80. The van der Waals surface area contributed by atoms with Crippen LogP contribution in [0.5, 0.6) is 0 Å². The Bertz CT molecular complexity index is 379. The van der Waals surface area contributed by atoms with E-state index < -0.39 is 0 Å². The van der Waals surface area contributed by atoms with Crippen LogP contribution in [0.1, 0.15) is 5.56 Å². The van der Waals surface area contributed by atoms with Gasteiger partial charge in [0, 0.05) is 4.43 Å².